The van der Waals surface area contributed by atoms with E-state index in [2.05, 4.69) is 4.99 Å². The lowest BCUT2D eigenvalue weighted by Gasteiger charge is -2.26. The number of aromatic hydroxyl groups is 1. The molecule has 0 saturated carbocycles. The van der Waals surface area contributed by atoms with E-state index in [0.29, 0.717) is 43.3 Å². The summed E-state index contributed by atoms with van der Waals surface area (Å²) < 4.78 is 36.8. The van der Waals surface area contributed by atoms with Crippen LogP contribution in [0, 0.1) is 0 Å². The van der Waals surface area contributed by atoms with Crippen LogP contribution in [0.4, 0.5) is 5.69 Å². The maximum absolute atomic E-state index is 12.6. The second kappa shape index (κ2) is 7.86. The Morgan fingerprint density at radius 3 is 2.46 bits per heavy atom. The number of sulfonamides is 1. The van der Waals surface area contributed by atoms with Crippen molar-refractivity contribution in [1.29, 1.82) is 0 Å². The highest BCUT2D eigenvalue weighted by Crippen LogP contribution is 2.26. The van der Waals surface area contributed by atoms with Gasteiger partial charge in [-0.2, -0.15) is 4.31 Å². The van der Waals surface area contributed by atoms with Gasteiger partial charge in [-0.25, -0.2) is 8.42 Å². The van der Waals surface area contributed by atoms with E-state index in [-0.39, 0.29) is 10.6 Å². The first-order chi connectivity index (χ1) is 12.5. The number of phenols is 1. The molecule has 2 aromatic carbocycles. The lowest BCUT2D eigenvalue weighted by Crippen LogP contribution is -2.40. The van der Waals surface area contributed by atoms with Gasteiger partial charge < -0.3 is 14.6 Å². The second-order valence-electron chi connectivity index (χ2n) is 5.70. The largest absolute Gasteiger partial charge is 0.504 e. The Hall–Kier alpha value is -2.42. The summed E-state index contributed by atoms with van der Waals surface area (Å²) in [4.78, 5) is 4.54. The summed E-state index contributed by atoms with van der Waals surface area (Å²) in [6.45, 7) is 1.55. The molecule has 1 heterocycles. The number of hydrogen-bond acceptors (Lipinski definition) is 6. The first-order valence-corrected chi connectivity index (χ1v) is 9.54. The van der Waals surface area contributed by atoms with Crippen LogP contribution in [-0.4, -0.2) is 57.5 Å². The summed E-state index contributed by atoms with van der Waals surface area (Å²) >= 11 is 0. The molecule has 1 aliphatic rings. The van der Waals surface area contributed by atoms with E-state index in [4.69, 9.17) is 9.47 Å². The molecule has 26 heavy (non-hydrogen) atoms. The van der Waals surface area contributed by atoms with Crippen LogP contribution < -0.4 is 4.74 Å². The van der Waals surface area contributed by atoms with Crippen molar-refractivity contribution in [3.05, 3.63) is 48.0 Å². The van der Waals surface area contributed by atoms with Gasteiger partial charge in [-0.05, 0) is 48.0 Å². The molecule has 0 unspecified atom stereocenters. The van der Waals surface area contributed by atoms with Crippen LogP contribution in [0.5, 0.6) is 11.5 Å². The number of aliphatic imine (C=N–C) groups is 1. The van der Waals surface area contributed by atoms with Crippen molar-refractivity contribution in [2.45, 2.75) is 4.90 Å². The summed E-state index contributed by atoms with van der Waals surface area (Å²) in [5.41, 5.74) is 1.31. The van der Waals surface area contributed by atoms with Gasteiger partial charge in [0, 0.05) is 19.3 Å². The molecule has 8 heteroatoms. The Bertz CT molecular complexity index is 888. The van der Waals surface area contributed by atoms with Gasteiger partial charge >= 0.3 is 0 Å². The topological polar surface area (TPSA) is 88.4 Å². The predicted octanol–water partition coefficient (Wildman–Crippen LogP) is 2.17. The van der Waals surface area contributed by atoms with Crippen LogP contribution in [0.3, 0.4) is 0 Å². The fourth-order valence-electron chi connectivity index (χ4n) is 2.58. The highest BCUT2D eigenvalue weighted by molar-refractivity contribution is 7.89. The SMILES string of the molecule is COc1ccc(C=Nc2ccc(S(=O)(=O)N3CCOCC3)cc2)cc1O. The van der Waals surface area contributed by atoms with Gasteiger partial charge in [0.25, 0.3) is 0 Å². The Balaban J connectivity index is 1.74. The molecule has 1 N–H and O–H groups in total. The van der Waals surface area contributed by atoms with Crippen LogP contribution in [-0.2, 0) is 14.8 Å². The zero-order valence-electron chi connectivity index (χ0n) is 14.3. The van der Waals surface area contributed by atoms with Crippen LogP contribution in [0.25, 0.3) is 0 Å². The van der Waals surface area contributed by atoms with Crippen LogP contribution in [0.15, 0.2) is 52.4 Å². The summed E-state index contributed by atoms with van der Waals surface area (Å²) in [5.74, 6) is 0.420. The standard InChI is InChI=1S/C18H20N2O5S/c1-24-18-7-2-14(12-17(18)21)13-19-15-3-5-16(6-4-15)26(22,23)20-8-10-25-11-9-20/h2-7,12-13,21H,8-11H2,1H3. The summed E-state index contributed by atoms with van der Waals surface area (Å²) in [7, 11) is -2.02. The Kier molecular flexibility index (Phi) is 5.55. The van der Waals surface area contributed by atoms with Crippen molar-refractivity contribution >= 4 is 21.9 Å². The number of phenolic OH excluding ortho intramolecular Hbond substituents is 1. The van der Waals surface area contributed by atoms with Crippen molar-refractivity contribution in [3.63, 3.8) is 0 Å². The summed E-state index contributed by atoms with van der Waals surface area (Å²) in [6, 6.07) is 11.3. The molecule has 0 aliphatic carbocycles. The van der Waals surface area contributed by atoms with Crippen molar-refractivity contribution in [2.75, 3.05) is 33.4 Å². The van der Waals surface area contributed by atoms with Crippen molar-refractivity contribution in [1.82, 2.24) is 4.31 Å². The highest BCUT2D eigenvalue weighted by Gasteiger charge is 2.25. The molecule has 1 saturated heterocycles. The third-order valence-electron chi connectivity index (χ3n) is 4.01. The molecule has 0 amide bonds. The molecule has 0 aromatic heterocycles. The normalized spacial score (nSPS) is 16.0. The molecule has 0 radical (unpaired) electrons. The smallest absolute Gasteiger partial charge is 0.243 e. The van der Waals surface area contributed by atoms with Crippen LogP contribution >= 0.6 is 0 Å². The van der Waals surface area contributed by atoms with Crippen molar-refractivity contribution in [2.24, 2.45) is 4.99 Å². The lowest BCUT2D eigenvalue weighted by molar-refractivity contribution is 0.0730. The third-order valence-corrected chi connectivity index (χ3v) is 5.92. The summed E-state index contributed by atoms with van der Waals surface area (Å²) in [6.07, 6.45) is 1.59. The van der Waals surface area contributed by atoms with Gasteiger partial charge in [0.1, 0.15) is 0 Å². The van der Waals surface area contributed by atoms with E-state index < -0.39 is 10.0 Å². The van der Waals surface area contributed by atoms with Crippen LogP contribution in [0.2, 0.25) is 0 Å². The number of morpholine rings is 1. The molecular formula is C18H20N2O5S. The fraction of sp³-hybridized carbons (Fsp3) is 0.278. The van der Waals surface area contributed by atoms with Gasteiger partial charge in [0.05, 0.1) is 30.9 Å². The second-order valence-corrected chi connectivity index (χ2v) is 7.64. The maximum atomic E-state index is 12.6. The van der Waals surface area contributed by atoms with Gasteiger partial charge in [0.15, 0.2) is 11.5 Å². The Morgan fingerprint density at radius 2 is 1.85 bits per heavy atom. The first-order valence-electron chi connectivity index (χ1n) is 8.10. The molecular weight excluding hydrogens is 356 g/mol. The number of nitrogens with zero attached hydrogens (tertiary/aromatic N) is 2. The number of benzene rings is 2. The molecule has 0 bridgehead atoms. The molecule has 1 aliphatic heterocycles. The van der Waals surface area contributed by atoms with Gasteiger partial charge in [-0.3, -0.25) is 4.99 Å². The fourth-order valence-corrected chi connectivity index (χ4v) is 3.98. The van der Waals surface area contributed by atoms with Gasteiger partial charge in [0.2, 0.25) is 10.0 Å². The van der Waals surface area contributed by atoms with Gasteiger partial charge in [-0.15, -0.1) is 0 Å². The number of ether oxygens (including phenoxy) is 2. The molecule has 0 atom stereocenters. The number of rotatable bonds is 5. The highest BCUT2D eigenvalue weighted by atomic mass is 32.2. The van der Waals surface area contributed by atoms with Crippen molar-refractivity contribution in [3.8, 4) is 11.5 Å². The van der Waals surface area contributed by atoms with E-state index in [9.17, 15) is 13.5 Å². The first kappa shape index (κ1) is 18.4. The molecule has 7 nitrogen and oxygen atoms in total. The summed E-state index contributed by atoms with van der Waals surface area (Å²) in [5, 5.41) is 9.77. The monoisotopic (exact) mass is 376 g/mol. The Labute approximate surface area is 152 Å². The third kappa shape index (κ3) is 4.04. The quantitative estimate of drug-likeness (QED) is 0.808. The molecule has 138 valence electrons. The van der Waals surface area contributed by atoms with E-state index in [1.54, 1.807) is 48.7 Å². The van der Waals surface area contributed by atoms with E-state index in [1.807, 2.05) is 0 Å². The average Bonchev–Trinajstić information content (AvgIpc) is 2.67. The van der Waals surface area contributed by atoms with Crippen LogP contribution in [0.1, 0.15) is 5.56 Å². The molecule has 2 aromatic rings. The predicted molar refractivity (Wildman–Crippen MR) is 97.9 cm³/mol. The molecule has 3 rings (SSSR count). The Morgan fingerprint density at radius 1 is 1.15 bits per heavy atom. The van der Waals surface area contributed by atoms with E-state index >= 15 is 0 Å². The minimum absolute atomic E-state index is 0.0309. The average molecular weight is 376 g/mol. The van der Waals surface area contributed by atoms with Crippen molar-refractivity contribution < 1.29 is 23.0 Å². The lowest BCUT2D eigenvalue weighted by atomic mass is 10.2. The zero-order valence-corrected chi connectivity index (χ0v) is 15.1. The van der Waals surface area contributed by atoms with E-state index in [0.717, 1.165) is 0 Å². The number of hydrogen-bond donors (Lipinski definition) is 1. The van der Waals surface area contributed by atoms with Gasteiger partial charge in [-0.1, -0.05) is 0 Å². The van der Waals surface area contributed by atoms with E-state index in [1.165, 1.54) is 11.4 Å². The minimum Gasteiger partial charge on any atom is -0.504 e. The maximum Gasteiger partial charge on any atom is 0.243 e. The molecule has 0 spiro atoms. The zero-order chi connectivity index (χ0) is 18.6. The minimum atomic E-state index is -3.50. The number of methoxy groups -OCH3 is 1. The molecule has 1 fully saturated rings.